The molecule has 1 fully saturated rings. The number of hydrogen-bond donors (Lipinski definition) is 1. The van der Waals surface area contributed by atoms with Crippen molar-refractivity contribution in [1.82, 2.24) is 9.80 Å². The molecule has 6 heteroatoms. The maximum absolute atomic E-state index is 13.0. The second kappa shape index (κ2) is 8.49. The molecule has 6 nitrogen and oxygen atoms in total. The molecule has 2 aliphatic heterocycles. The second-order valence-corrected chi connectivity index (χ2v) is 10.3. The molecule has 0 radical (unpaired) electrons. The van der Waals surface area contributed by atoms with Crippen LogP contribution in [0.4, 0.5) is 4.79 Å². The van der Waals surface area contributed by atoms with Gasteiger partial charge < -0.3 is 19.6 Å². The minimum atomic E-state index is -1.11. The zero-order valence-electron chi connectivity index (χ0n) is 20.5. The fraction of sp³-hybridized carbons (Fsp3) is 0.481. The topological polar surface area (TPSA) is 70.1 Å². The van der Waals surface area contributed by atoms with E-state index in [2.05, 4.69) is 0 Å². The number of urea groups is 1. The molecule has 0 aliphatic carbocycles. The largest absolute Gasteiger partial charge is 0.479 e. The van der Waals surface area contributed by atoms with Crippen molar-refractivity contribution in [3.8, 4) is 11.1 Å². The number of hydrogen-bond acceptors (Lipinski definition) is 3. The normalized spacial score (nSPS) is 16.4. The van der Waals surface area contributed by atoms with E-state index in [0.29, 0.717) is 18.7 Å². The predicted molar refractivity (Wildman–Crippen MR) is 128 cm³/mol. The van der Waals surface area contributed by atoms with E-state index in [0.717, 1.165) is 58.5 Å². The smallest absolute Gasteiger partial charge is 0.337 e. The van der Waals surface area contributed by atoms with Crippen LogP contribution in [0.1, 0.15) is 66.7 Å². The summed E-state index contributed by atoms with van der Waals surface area (Å²) in [6, 6.07) is 8.24. The van der Waals surface area contributed by atoms with Crippen LogP contribution in [-0.4, -0.2) is 45.6 Å². The summed E-state index contributed by atoms with van der Waals surface area (Å²) >= 11 is 0. The number of fused-ring (bicyclic) bond motifs is 1. The zero-order valence-corrected chi connectivity index (χ0v) is 20.5. The summed E-state index contributed by atoms with van der Waals surface area (Å²) in [5.41, 5.74) is 7.18. The van der Waals surface area contributed by atoms with Gasteiger partial charge in [0.25, 0.3) is 0 Å². The third-order valence-corrected chi connectivity index (χ3v) is 6.71. The molecule has 4 rings (SSSR count). The molecule has 0 unspecified atom stereocenters. The van der Waals surface area contributed by atoms with Gasteiger partial charge in [-0.05, 0) is 81.3 Å². The third-order valence-electron chi connectivity index (χ3n) is 6.71. The van der Waals surface area contributed by atoms with Crippen LogP contribution >= 0.6 is 0 Å². The van der Waals surface area contributed by atoms with E-state index < -0.39 is 17.7 Å². The number of aliphatic carboxylic acids is 1. The van der Waals surface area contributed by atoms with E-state index in [1.165, 1.54) is 0 Å². The fourth-order valence-electron chi connectivity index (χ4n) is 4.87. The Morgan fingerprint density at radius 3 is 2.00 bits per heavy atom. The highest BCUT2D eigenvalue weighted by Crippen LogP contribution is 2.43. The molecule has 0 spiro atoms. The van der Waals surface area contributed by atoms with Crippen LogP contribution in [0, 0.1) is 20.8 Å². The van der Waals surface area contributed by atoms with Crippen LogP contribution in [0.2, 0.25) is 0 Å². The van der Waals surface area contributed by atoms with Crippen molar-refractivity contribution in [2.75, 3.05) is 13.1 Å². The molecule has 2 amide bonds. The standard InChI is InChI=1S/C27H34N2O4/c1-16-8-10-19(11-9-16)22-17(2)20-14-29(26(32)28-12-7-13-28)15-21(20)18(3)23(22)24(25(30)31)33-27(4,5)6/h8-11,24H,7,12-15H2,1-6H3,(H,30,31)/t24-/m0/s1. The van der Waals surface area contributed by atoms with Gasteiger partial charge in [0.2, 0.25) is 0 Å². The van der Waals surface area contributed by atoms with Crippen molar-refractivity contribution in [2.24, 2.45) is 0 Å². The first kappa shape index (κ1) is 23.3. The number of carboxylic acids is 1. The number of likely N-dealkylation sites (tertiary alicyclic amines) is 1. The maximum Gasteiger partial charge on any atom is 0.337 e. The van der Waals surface area contributed by atoms with Crippen LogP contribution in [0.3, 0.4) is 0 Å². The molecule has 2 heterocycles. The lowest BCUT2D eigenvalue weighted by molar-refractivity contribution is -0.160. The van der Waals surface area contributed by atoms with Gasteiger partial charge >= 0.3 is 12.0 Å². The number of carbonyl (C=O) groups is 2. The van der Waals surface area contributed by atoms with Crippen LogP contribution < -0.4 is 0 Å². The molecule has 1 atom stereocenters. The molecule has 176 valence electrons. The molecule has 2 aromatic rings. The van der Waals surface area contributed by atoms with Gasteiger partial charge in [-0.3, -0.25) is 0 Å². The van der Waals surface area contributed by atoms with Crippen molar-refractivity contribution in [1.29, 1.82) is 0 Å². The number of ether oxygens (including phenoxy) is 1. The van der Waals surface area contributed by atoms with Crippen LogP contribution in [0.25, 0.3) is 11.1 Å². The maximum atomic E-state index is 13.0. The monoisotopic (exact) mass is 450 g/mol. The number of aryl methyl sites for hydroxylation is 1. The van der Waals surface area contributed by atoms with Gasteiger partial charge in [0, 0.05) is 31.7 Å². The highest BCUT2D eigenvalue weighted by Gasteiger charge is 2.37. The Hall–Kier alpha value is -2.86. The van der Waals surface area contributed by atoms with E-state index in [4.69, 9.17) is 4.74 Å². The lowest BCUT2D eigenvalue weighted by Crippen LogP contribution is -2.48. The van der Waals surface area contributed by atoms with Crippen LogP contribution in [-0.2, 0) is 22.6 Å². The number of benzene rings is 2. The molecule has 2 aliphatic rings. The average Bonchev–Trinajstić information content (AvgIpc) is 3.14. The highest BCUT2D eigenvalue weighted by molar-refractivity contribution is 5.85. The molecule has 2 aromatic carbocycles. The van der Waals surface area contributed by atoms with Crippen molar-refractivity contribution in [3.63, 3.8) is 0 Å². The van der Waals surface area contributed by atoms with Gasteiger partial charge in [0.15, 0.2) is 6.10 Å². The Morgan fingerprint density at radius 1 is 0.939 bits per heavy atom. The minimum absolute atomic E-state index is 0.0652. The summed E-state index contributed by atoms with van der Waals surface area (Å²) in [4.78, 5) is 29.2. The fourth-order valence-corrected chi connectivity index (χ4v) is 4.87. The van der Waals surface area contributed by atoms with Gasteiger partial charge in [-0.1, -0.05) is 29.8 Å². The van der Waals surface area contributed by atoms with Gasteiger partial charge in [-0.15, -0.1) is 0 Å². The zero-order chi connectivity index (χ0) is 24.1. The van der Waals surface area contributed by atoms with Crippen LogP contribution in [0.5, 0.6) is 0 Å². The number of amides is 2. The molecular formula is C27H34N2O4. The minimum Gasteiger partial charge on any atom is -0.479 e. The third kappa shape index (κ3) is 4.36. The summed E-state index contributed by atoms with van der Waals surface area (Å²) in [5, 5.41) is 10.2. The molecule has 0 aromatic heterocycles. The van der Waals surface area contributed by atoms with Gasteiger partial charge in [-0.25, -0.2) is 9.59 Å². The van der Waals surface area contributed by atoms with Crippen LogP contribution in [0.15, 0.2) is 24.3 Å². The summed E-state index contributed by atoms with van der Waals surface area (Å²) in [6.07, 6.45) is -0.0538. The Labute approximate surface area is 196 Å². The number of carbonyl (C=O) groups excluding carboxylic acids is 1. The van der Waals surface area contributed by atoms with E-state index >= 15 is 0 Å². The summed E-state index contributed by atoms with van der Waals surface area (Å²) in [6.45, 7) is 14.3. The summed E-state index contributed by atoms with van der Waals surface area (Å²) in [5.74, 6) is -1.01. The lowest BCUT2D eigenvalue weighted by Gasteiger charge is -2.34. The molecular weight excluding hydrogens is 416 g/mol. The van der Waals surface area contributed by atoms with Gasteiger partial charge in [0.05, 0.1) is 5.60 Å². The first-order valence-corrected chi connectivity index (χ1v) is 11.6. The number of carboxylic acid groups (broad SMARTS) is 1. The van der Waals surface area contributed by atoms with Gasteiger partial charge in [-0.2, -0.15) is 0 Å². The molecule has 0 bridgehead atoms. The van der Waals surface area contributed by atoms with Crippen molar-refractivity contribution in [3.05, 3.63) is 57.6 Å². The Bertz CT molecular complexity index is 1090. The SMILES string of the molecule is Cc1ccc(-c2c(C)c3c(c(C)c2[C@H](OC(C)(C)C)C(=O)O)CN(C(=O)N2CCC2)C3)cc1. The van der Waals surface area contributed by atoms with E-state index in [-0.39, 0.29) is 6.03 Å². The summed E-state index contributed by atoms with van der Waals surface area (Å²) in [7, 11) is 0. The summed E-state index contributed by atoms with van der Waals surface area (Å²) < 4.78 is 6.12. The van der Waals surface area contributed by atoms with Crippen molar-refractivity contribution in [2.45, 2.75) is 72.8 Å². The van der Waals surface area contributed by atoms with E-state index in [1.807, 2.05) is 75.6 Å². The predicted octanol–water partition coefficient (Wildman–Crippen LogP) is 5.36. The first-order chi connectivity index (χ1) is 15.5. The molecule has 0 saturated carbocycles. The molecule has 1 N–H and O–H groups in total. The van der Waals surface area contributed by atoms with Crippen molar-refractivity contribution < 1.29 is 19.4 Å². The highest BCUT2D eigenvalue weighted by atomic mass is 16.5. The average molecular weight is 451 g/mol. The number of rotatable bonds is 4. The Kier molecular flexibility index (Phi) is 5.99. The molecule has 1 saturated heterocycles. The van der Waals surface area contributed by atoms with Crippen molar-refractivity contribution >= 4 is 12.0 Å². The van der Waals surface area contributed by atoms with E-state index in [1.54, 1.807) is 0 Å². The molecule has 33 heavy (non-hydrogen) atoms. The number of nitrogens with zero attached hydrogens (tertiary/aromatic N) is 2. The first-order valence-electron chi connectivity index (χ1n) is 11.6. The Balaban J connectivity index is 1.90. The lowest BCUT2D eigenvalue weighted by atomic mass is 9.83. The van der Waals surface area contributed by atoms with E-state index in [9.17, 15) is 14.7 Å². The quantitative estimate of drug-likeness (QED) is 0.681. The Morgan fingerprint density at radius 2 is 1.52 bits per heavy atom. The second-order valence-electron chi connectivity index (χ2n) is 10.3. The van der Waals surface area contributed by atoms with Gasteiger partial charge in [0.1, 0.15) is 0 Å².